The molecule has 1 atom stereocenters. The van der Waals surface area contributed by atoms with E-state index in [0.717, 1.165) is 65.1 Å². The Morgan fingerprint density at radius 1 is 0.952 bits per heavy atom. The van der Waals surface area contributed by atoms with E-state index in [1.807, 2.05) is 35.1 Å². The Morgan fingerprint density at radius 2 is 1.76 bits per heavy atom. The van der Waals surface area contributed by atoms with Gasteiger partial charge in [0.2, 0.25) is 11.8 Å². The molecule has 2 fully saturated rings. The number of anilines is 1. The van der Waals surface area contributed by atoms with Crippen molar-refractivity contribution in [2.24, 2.45) is 5.92 Å². The van der Waals surface area contributed by atoms with E-state index in [0.29, 0.717) is 12.0 Å². The summed E-state index contributed by atoms with van der Waals surface area (Å²) >= 11 is 0. The number of nitrogens with zero attached hydrogens (tertiary/aromatic N) is 5. The Balaban J connectivity index is 0.889. The Morgan fingerprint density at radius 3 is 2.60 bits per heavy atom. The lowest BCUT2D eigenvalue weighted by Crippen LogP contribution is -2.54. The van der Waals surface area contributed by atoms with Gasteiger partial charge in [-0.1, -0.05) is 12.1 Å². The zero-order chi connectivity index (χ0) is 28.8. The van der Waals surface area contributed by atoms with Crippen molar-refractivity contribution >= 4 is 40.3 Å². The summed E-state index contributed by atoms with van der Waals surface area (Å²) in [6.07, 6.45) is 10.2. The standard InChI is InChI=1S/C31H29N7O4/c39-28-10-9-27(29(40)36-28)38-30(41)22-8-7-20(14-23(22)31(38)42)32-11-3-4-18-12-21(13-18)37-17-19(15-34-37)26-16-33-24-5-1-2-6-25(24)35-26/h1-2,5-8,14-18,21,27,32H,3-4,9-13H2,(H,36,39,40). The molecule has 3 aliphatic rings. The SMILES string of the molecule is O=C1CCC(N2C(=O)c3ccc(NCCCC4CC(n5cc(-c6cnc7ccccc7n6)cn5)C4)cc3C2=O)C(=O)N1. The summed E-state index contributed by atoms with van der Waals surface area (Å²) in [5.74, 6) is -1.36. The van der Waals surface area contributed by atoms with Crippen LogP contribution >= 0.6 is 0 Å². The van der Waals surface area contributed by atoms with Crippen LogP contribution in [0.3, 0.4) is 0 Å². The Bertz CT molecular complexity index is 1740. The molecule has 4 heterocycles. The highest BCUT2D eigenvalue weighted by atomic mass is 16.2. The van der Waals surface area contributed by atoms with Crippen molar-refractivity contribution in [2.45, 2.75) is 50.6 Å². The summed E-state index contributed by atoms with van der Waals surface area (Å²) in [5, 5.41) is 10.2. The quantitative estimate of drug-likeness (QED) is 0.244. The van der Waals surface area contributed by atoms with Crippen LogP contribution in [0, 0.1) is 5.92 Å². The number of para-hydroxylation sites is 2. The minimum Gasteiger partial charge on any atom is -0.385 e. The van der Waals surface area contributed by atoms with Crippen LogP contribution in [0.25, 0.3) is 22.3 Å². The lowest BCUT2D eigenvalue weighted by atomic mass is 9.77. The molecule has 1 saturated carbocycles. The first-order valence-electron chi connectivity index (χ1n) is 14.3. The van der Waals surface area contributed by atoms with Crippen LogP contribution in [-0.2, 0) is 9.59 Å². The molecule has 2 aromatic carbocycles. The van der Waals surface area contributed by atoms with Gasteiger partial charge in [0, 0.05) is 30.4 Å². The Labute approximate surface area is 241 Å². The fourth-order valence-electron chi connectivity index (χ4n) is 6.12. The average Bonchev–Trinajstić information content (AvgIpc) is 3.55. The number of aromatic nitrogens is 4. The summed E-state index contributed by atoms with van der Waals surface area (Å²) in [7, 11) is 0. The highest BCUT2D eigenvalue weighted by Crippen LogP contribution is 2.40. The molecule has 4 amide bonds. The van der Waals surface area contributed by atoms with E-state index in [1.165, 1.54) is 0 Å². The second-order valence-electron chi connectivity index (χ2n) is 11.2. The zero-order valence-corrected chi connectivity index (χ0v) is 22.8. The van der Waals surface area contributed by atoms with Gasteiger partial charge in [-0.25, -0.2) is 4.98 Å². The number of hydrogen-bond donors (Lipinski definition) is 2. The van der Waals surface area contributed by atoms with Crippen LogP contribution in [0.4, 0.5) is 5.69 Å². The van der Waals surface area contributed by atoms with Gasteiger partial charge in [-0.15, -0.1) is 0 Å². The first-order chi connectivity index (χ1) is 20.4. The van der Waals surface area contributed by atoms with E-state index in [9.17, 15) is 19.2 Å². The van der Waals surface area contributed by atoms with Crippen LogP contribution in [-0.4, -0.2) is 60.9 Å². The van der Waals surface area contributed by atoms with Gasteiger partial charge < -0.3 is 5.32 Å². The van der Waals surface area contributed by atoms with Gasteiger partial charge in [0.1, 0.15) is 6.04 Å². The molecule has 1 unspecified atom stereocenters. The van der Waals surface area contributed by atoms with Gasteiger partial charge in [0.05, 0.1) is 46.3 Å². The minimum absolute atomic E-state index is 0.0991. The van der Waals surface area contributed by atoms with E-state index in [1.54, 1.807) is 24.4 Å². The number of amides is 4. The van der Waals surface area contributed by atoms with Crippen LogP contribution < -0.4 is 10.6 Å². The molecule has 11 nitrogen and oxygen atoms in total. The van der Waals surface area contributed by atoms with Crippen LogP contribution in [0.5, 0.6) is 0 Å². The summed E-state index contributed by atoms with van der Waals surface area (Å²) in [4.78, 5) is 59.9. The highest BCUT2D eigenvalue weighted by Gasteiger charge is 2.44. The van der Waals surface area contributed by atoms with Gasteiger partial charge in [0.15, 0.2) is 0 Å². The van der Waals surface area contributed by atoms with Gasteiger partial charge >= 0.3 is 0 Å². The maximum atomic E-state index is 13.0. The van der Waals surface area contributed by atoms with Crippen molar-refractivity contribution in [1.29, 1.82) is 0 Å². The molecule has 1 saturated heterocycles. The number of imide groups is 2. The molecule has 212 valence electrons. The number of hydrogen-bond acceptors (Lipinski definition) is 8. The molecular formula is C31H29N7O4. The number of fused-ring (bicyclic) bond motifs is 2. The van der Waals surface area contributed by atoms with Crippen LogP contribution in [0.1, 0.15) is 65.3 Å². The average molecular weight is 564 g/mol. The van der Waals surface area contributed by atoms with Gasteiger partial charge in [-0.3, -0.25) is 39.1 Å². The minimum atomic E-state index is -0.960. The second kappa shape index (κ2) is 10.5. The predicted molar refractivity (Wildman–Crippen MR) is 153 cm³/mol. The summed E-state index contributed by atoms with van der Waals surface area (Å²) in [6, 6.07) is 12.3. The smallest absolute Gasteiger partial charge is 0.262 e. The first kappa shape index (κ1) is 26.0. The van der Waals surface area contributed by atoms with Crippen molar-refractivity contribution in [2.75, 3.05) is 11.9 Å². The van der Waals surface area contributed by atoms with Crippen LogP contribution in [0.15, 0.2) is 61.1 Å². The number of piperidine rings is 1. The molecule has 7 rings (SSSR count). The zero-order valence-electron chi connectivity index (χ0n) is 22.8. The van der Waals surface area contributed by atoms with E-state index >= 15 is 0 Å². The third-order valence-corrected chi connectivity index (χ3v) is 8.49. The van der Waals surface area contributed by atoms with Crippen molar-refractivity contribution in [3.8, 4) is 11.3 Å². The largest absolute Gasteiger partial charge is 0.385 e. The third kappa shape index (κ3) is 4.70. The van der Waals surface area contributed by atoms with Gasteiger partial charge in [-0.05, 0) is 68.4 Å². The second-order valence-corrected chi connectivity index (χ2v) is 11.2. The molecule has 11 heteroatoms. The number of nitrogens with one attached hydrogen (secondary N) is 2. The summed E-state index contributed by atoms with van der Waals surface area (Å²) < 4.78 is 2.04. The number of carbonyl (C=O) groups excluding carboxylic acids is 4. The van der Waals surface area contributed by atoms with Crippen LogP contribution in [0.2, 0.25) is 0 Å². The lowest BCUT2D eigenvalue weighted by molar-refractivity contribution is -0.136. The van der Waals surface area contributed by atoms with Gasteiger partial charge in [0.25, 0.3) is 11.8 Å². The summed E-state index contributed by atoms with van der Waals surface area (Å²) in [6.45, 7) is 0.742. The fourth-order valence-corrected chi connectivity index (χ4v) is 6.12. The fraction of sp³-hybridized carbons (Fsp3) is 0.323. The van der Waals surface area contributed by atoms with E-state index < -0.39 is 23.8 Å². The molecule has 42 heavy (non-hydrogen) atoms. The molecule has 2 aliphatic heterocycles. The predicted octanol–water partition coefficient (Wildman–Crippen LogP) is 3.74. The highest BCUT2D eigenvalue weighted by molar-refractivity contribution is 6.23. The van der Waals surface area contributed by atoms with E-state index in [-0.39, 0.29) is 29.9 Å². The van der Waals surface area contributed by atoms with E-state index in [4.69, 9.17) is 4.98 Å². The topological polar surface area (TPSA) is 139 Å². The number of carbonyl (C=O) groups is 4. The van der Waals surface area contributed by atoms with Crippen molar-refractivity contribution in [1.82, 2.24) is 30.0 Å². The number of rotatable bonds is 8. The van der Waals surface area contributed by atoms with E-state index in [2.05, 4.69) is 26.9 Å². The Kier molecular flexibility index (Phi) is 6.49. The molecule has 2 N–H and O–H groups in total. The molecule has 1 aliphatic carbocycles. The normalized spacial score (nSPS) is 21.8. The van der Waals surface area contributed by atoms with Crippen molar-refractivity contribution < 1.29 is 19.2 Å². The lowest BCUT2D eigenvalue weighted by Gasteiger charge is -2.35. The monoisotopic (exact) mass is 563 g/mol. The maximum Gasteiger partial charge on any atom is 0.262 e. The first-order valence-corrected chi connectivity index (χ1v) is 14.3. The van der Waals surface area contributed by atoms with Crippen molar-refractivity contribution in [3.05, 3.63) is 72.2 Å². The maximum absolute atomic E-state index is 13.0. The number of benzene rings is 2. The molecule has 0 bridgehead atoms. The van der Waals surface area contributed by atoms with Gasteiger partial charge in [-0.2, -0.15) is 5.10 Å². The Hall–Kier alpha value is -4.93. The molecule has 0 spiro atoms. The summed E-state index contributed by atoms with van der Waals surface area (Å²) in [5.41, 5.74) is 4.86. The third-order valence-electron chi connectivity index (χ3n) is 8.49. The van der Waals surface area contributed by atoms with Crippen molar-refractivity contribution in [3.63, 3.8) is 0 Å². The molecule has 4 aromatic rings. The molecule has 2 aromatic heterocycles. The molecule has 0 radical (unpaired) electrons. The molecular weight excluding hydrogens is 534 g/mol.